The van der Waals surface area contributed by atoms with Crippen LogP contribution >= 0.6 is 11.3 Å². The van der Waals surface area contributed by atoms with Crippen molar-refractivity contribution in [1.29, 1.82) is 0 Å². The Morgan fingerprint density at radius 3 is 2.77 bits per heavy atom. The minimum absolute atomic E-state index is 0.259. The van der Waals surface area contributed by atoms with E-state index in [4.69, 9.17) is 0 Å². The van der Waals surface area contributed by atoms with Crippen LogP contribution in [-0.4, -0.2) is 28.3 Å². The van der Waals surface area contributed by atoms with Crippen molar-refractivity contribution in [2.75, 3.05) is 6.54 Å². The third kappa shape index (κ3) is 3.45. The highest BCUT2D eigenvalue weighted by atomic mass is 32.1. The van der Waals surface area contributed by atoms with Gasteiger partial charge in [0.05, 0.1) is 10.7 Å². The number of Topliss-reactive ketones (excluding diaryl/α,β-unsaturated/α-hetero) is 1. The molecular formula is C18H22N2OS. The molecular weight excluding hydrogens is 292 g/mol. The van der Waals surface area contributed by atoms with Gasteiger partial charge in [0.25, 0.3) is 0 Å². The molecule has 4 heteroatoms. The van der Waals surface area contributed by atoms with Crippen LogP contribution in [0.1, 0.15) is 45.2 Å². The van der Waals surface area contributed by atoms with E-state index >= 15 is 0 Å². The minimum Gasteiger partial charge on any atom is -0.295 e. The molecule has 2 heterocycles. The first-order valence-corrected chi connectivity index (χ1v) is 8.70. The summed E-state index contributed by atoms with van der Waals surface area (Å²) in [6, 6.07) is 10.0. The summed E-state index contributed by atoms with van der Waals surface area (Å²) in [5.74, 6) is 0.259. The second-order valence-corrected chi connectivity index (χ2v) is 7.29. The molecule has 3 nitrogen and oxygen atoms in total. The highest BCUT2D eigenvalue weighted by Gasteiger charge is 2.27. The van der Waals surface area contributed by atoms with Gasteiger partial charge in [0.1, 0.15) is 0 Å². The summed E-state index contributed by atoms with van der Waals surface area (Å²) in [5.41, 5.74) is 1.97. The van der Waals surface area contributed by atoms with E-state index in [0.29, 0.717) is 12.5 Å². The number of hydrogen-bond acceptors (Lipinski definition) is 4. The fraction of sp³-hybridized carbons (Fsp3) is 0.444. The third-order valence-corrected chi connectivity index (χ3v) is 5.42. The zero-order chi connectivity index (χ0) is 15.5. The van der Waals surface area contributed by atoms with Gasteiger partial charge in [-0.2, -0.15) is 0 Å². The number of ketones is 1. The van der Waals surface area contributed by atoms with Gasteiger partial charge >= 0.3 is 0 Å². The average Bonchev–Trinajstić information content (AvgIpc) is 3.07. The smallest absolute Gasteiger partial charge is 0.164 e. The van der Waals surface area contributed by atoms with Gasteiger partial charge in [-0.25, -0.2) is 4.98 Å². The largest absolute Gasteiger partial charge is 0.295 e. The van der Waals surface area contributed by atoms with Gasteiger partial charge in [-0.1, -0.05) is 30.3 Å². The molecule has 0 N–H and O–H groups in total. The van der Waals surface area contributed by atoms with Crippen molar-refractivity contribution < 1.29 is 4.79 Å². The van der Waals surface area contributed by atoms with Crippen LogP contribution in [-0.2, 0) is 6.54 Å². The lowest BCUT2D eigenvalue weighted by Crippen LogP contribution is -2.30. The summed E-state index contributed by atoms with van der Waals surface area (Å²) >= 11 is 1.78. The predicted molar refractivity (Wildman–Crippen MR) is 90.4 cm³/mol. The van der Waals surface area contributed by atoms with Crippen LogP contribution in [0.15, 0.2) is 30.3 Å². The van der Waals surface area contributed by atoms with Crippen LogP contribution in [0.3, 0.4) is 0 Å². The van der Waals surface area contributed by atoms with Crippen molar-refractivity contribution >= 4 is 17.1 Å². The van der Waals surface area contributed by atoms with E-state index in [0.717, 1.165) is 35.8 Å². The Hall–Kier alpha value is -1.52. The standard InChI is InChI=1S/C18H22N2OS/c1-13-18(22-14(2)19-13)12-20-10-6-9-16(20)11-17(21)15-7-4-3-5-8-15/h3-5,7-8,16H,6,9-12H2,1-2H3. The first-order chi connectivity index (χ1) is 10.6. The molecule has 116 valence electrons. The molecule has 3 rings (SSSR count). The normalized spacial score (nSPS) is 18.7. The number of likely N-dealkylation sites (tertiary alicyclic amines) is 1. The lowest BCUT2D eigenvalue weighted by molar-refractivity contribution is 0.0939. The zero-order valence-corrected chi connectivity index (χ0v) is 14.0. The Kier molecular flexibility index (Phi) is 4.69. The lowest BCUT2D eigenvalue weighted by atomic mass is 10.0. The molecule has 1 aliphatic heterocycles. The van der Waals surface area contributed by atoms with Gasteiger partial charge < -0.3 is 0 Å². The number of nitrogens with zero attached hydrogens (tertiary/aromatic N) is 2. The SMILES string of the molecule is Cc1nc(C)c(CN2CCCC2CC(=O)c2ccccc2)s1. The second-order valence-electron chi connectivity index (χ2n) is 6.00. The molecule has 0 radical (unpaired) electrons. The quantitative estimate of drug-likeness (QED) is 0.782. The topological polar surface area (TPSA) is 33.2 Å². The van der Waals surface area contributed by atoms with Crippen molar-refractivity contribution in [1.82, 2.24) is 9.88 Å². The van der Waals surface area contributed by atoms with E-state index in [1.807, 2.05) is 30.3 Å². The Labute approximate surface area is 136 Å². The van der Waals surface area contributed by atoms with Crippen molar-refractivity contribution in [3.05, 3.63) is 51.5 Å². The van der Waals surface area contributed by atoms with E-state index in [-0.39, 0.29) is 5.78 Å². The third-order valence-electron chi connectivity index (χ3n) is 4.36. The Balaban J connectivity index is 1.66. The molecule has 22 heavy (non-hydrogen) atoms. The summed E-state index contributed by atoms with van der Waals surface area (Å²) < 4.78 is 0. The monoisotopic (exact) mass is 314 g/mol. The van der Waals surface area contributed by atoms with E-state index in [9.17, 15) is 4.79 Å². The van der Waals surface area contributed by atoms with E-state index < -0.39 is 0 Å². The molecule has 1 aromatic heterocycles. The number of rotatable bonds is 5. The van der Waals surface area contributed by atoms with Crippen molar-refractivity contribution in [3.8, 4) is 0 Å². The van der Waals surface area contributed by atoms with E-state index in [2.05, 4.69) is 23.7 Å². The van der Waals surface area contributed by atoms with Crippen LogP contribution in [0.2, 0.25) is 0 Å². The van der Waals surface area contributed by atoms with Gasteiger partial charge in [-0.3, -0.25) is 9.69 Å². The highest BCUT2D eigenvalue weighted by molar-refractivity contribution is 7.11. The van der Waals surface area contributed by atoms with Crippen LogP contribution in [0.4, 0.5) is 0 Å². The molecule has 0 saturated carbocycles. The summed E-state index contributed by atoms with van der Waals surface area (Å²) in [4.78, 5) is 20.7. The van der Waals surface area contributed by atoms with Crippen LogP contribution < -0.4 is 0 Å². The molecule has 1 unspecified atom stereocenters. The molecule has 1 aromatic carbocycles. The van der Waals surface area contributed by atoms with Gasteiger partial charge in [0.2, 0.25) is 0 Å². The number of benzene rings is 1. The van der Waals surface area contributed by atoms with Crippen molar-refractivity contribution in [3.63, 3.8) is 0 Å². The number of carbonyl (C=O) groups is 1. The fourth-order valence-electron chi connectivity index (χ4n) is 3.20. The average molecular weight is 314 g/mol. The number of aryl methyl sites for hydroxylation is 2. The molecule has 2 aromatic rings. The first-order valence-electron chi connectivity index (χ1n) is 7.88. The number of carbonyl (C=O) groups excluding carboxylic acids is 1. The number of aromatic nitrogens is 1. The van der Waals surface area contributed by atoms with Crippen LogP contribution in [0.5, 0.6) is 0 Å². The van der Waals surface area contributed by atoms with Gasteiger partial charge in [-0.05, 0) is 33.2 Å². The first kappa shape index (κ1) is 15.4. The Morgan fingerprint density at radius 1 is 1.32 bits per heavy atom. The molecule has 0 amide bonds. The van der Waals surface area contributed by atoms with Gasteiger partial charge in [-0.15, -0.1) is 11.3 Å². The maximum Gasteiger partial charge on any atom is 0.164 e. The molecule has 0 spiro atoms. The molecule has 1 saturated heterocycles. The molecule has 1 aliphatic rings. The highest BCUT2D eigenvalue weighted by Crippen LogP contribution is 2.27. The maximum atomic E-state index is 12.4. The summed E-state index contributed by atoms with van der Waals surface area (Å²) in [5, 5.41) is 1.13. The zero-order valence-electron chi connectivity index (χ0n) is 13.2. The molecule has 0 bridgehead atoms. The molecule has 1 atom stereocenters. The second kappa shape index (κ2) is 6.71. The Morgan fingerprint density at radius 2 is 2.09 bits per heavy atom. The number of hydrogen-bond donors (Lipinski definition) is 0. The lowest BCUT2D eigenvalue weighted by Gasteiger charge is -2.23. The van der Waals surface area contributed by atoms with Gasteiger partial charge in [0.15, 0.2) is 5.78 Å². The maximum absolute atomic E-state index is 12.4. The summed E-state index contributed by atoms with van der Waals surface area (Å²) in [6.45, 7) is 6.16. The van der Waals surface area contributed by atoms with Crippen LogP contribution in [0.25, 0.3) is 0 Å². The van der Waals surface area contributed by atoms with Crippen LogP contribution in [0, 0.1) is 13.8 Å². The molecule has 1 fully saturated rings. The van der Waals surface area contributed by atoms with Crippen molar-refractivity contribution in [2.45, 2.75) is 45.7 Å². The summed E-state index contributed by atoms with van der Waals surface area (Å²) in [7, 11) is 0. The minimum atomic E-state index is 0.259. The number of thiazole rings is 1. The summed E-state index contributed by atoms with van der Waals surface area (Å²) in [6.07, 6.45) is 2.93. The predicted octanol–water partition coefficient (Wildman–Crippen LogP) is 4.00. The fourth-order valence-corrected chi connectivity index (χ4v) is 4.16. The van der Waals surface area contributed by atoms with E-state index in [1.54, 1.807) is 11.3 Å². The molecule has 0 aliphatic carbocycles. The van der Waals surface area contributed by atoms with Gasteiger partial charge in [0, 0.05) is 29.4 Å². The van der Waals surface area contributed by atoms with Crippen molar-refractivity contribution in [2.24, 2.45) is 0 Å². The van der Waals surface area contributed by atoms with E-state index in [1.165, 1.54) is 11.3 Å². The Bertz CT molecular complexity index is 650.